The maximum absolute atomic E-state index is 12.5. The molecule has 2 heterocycles. The lowest BCUT2D eigenvalue weighted by atomic mass is 10.1. The van der Waals surface area contributed by atoms with Crippen molar-refractivity contribution in [3.8, 4) is 5.82 Å². The van der Waals surface area contributed by atoms with E-state index in [0.29, 0.717) is 18.7 Å². The SMILES string of the molecule is C[C@@H](OCCCNC(=O)c1cnn(C)c1-n1cccc1)c1ccccc1. The summed E-state index contributed by atoms with van der Waals surface area (Å²) in [4.78, 5) is 12.5. The van der Waals surface area contributed by atoms with Gasteiger partial charge >= 0.3 is 0 Å². The van der Waals surface area contributed by atoms with Crippen molar-refractivity contribution in [3.05, 3.63) is 72.2 Å². The highest BCUT2D eigenvalue weighted by Gasteiger charge is 2.16. The molecule has 3 aromatic rings. The Morgan fingerprint density at radius 3 is 2.65 bits per heavy atom. The zero-order valence-corrected chi connectivity index (χ0v) is 15.1. The summed E-state index contributed by atoms with van der Waals surface area (Å²) in [5, 5.41) is 7.15. The Morgan fingerprint density at radius 2 is 1.92 bits per heavy atom. The second-order valence-corrected chi connectivity index (χ2v) is 6.13. The van der Waals surface area contributed by atoms with Gasteiger partial charge in [-0.3, -0.25) is 9.48 Å². The van der Waals surface area contributed by atoms with Gasteiger partial charge in [0.25, 0.3) is 5.91 Å². The first kappa shape index (κ1) is 17.9. The number of carbonyl (C=O) groups is 1. The van der Waals surface area contributed by atoms with E-state index in [1.165, 1.54) is 0 Å². The number of amides is 1. The third-order valence-electron chi connectivity index (χ3n) is 4.24. The Labute approximate surface area is 153 Å². The third-order valence-corrected chi connectivity index (χ3v) is 4.24. The van der Waals surface area contributed by atoms with Gasteiger partial charge in [-0.05, 0) is 31.0 Å². The van der Waals surface area contributed by atoms with Crippen LogP contribution in [0.4, 0.5) is 0 Å². The smallest absolute Gasteiger partial charge is 0.256 e. The van der Waals surface area contributed by atoms with Gasteiger partial charge in [0, 0.05) is 32.6 Å². The van der Waals surface area contributed by atoms with Crippen molar-refractivity contribution in [2.24, 2.45) is 7.05 Å². The molecule has 1 aromatic carbocycles. The molecule has 1 N–H and O–H groups in total. The van der Waals surface area contributed by atoms with Crippen molar-refractivity contribution in [3.63, 3.8) is 0 Å². The molecule has 0 saturated heterocycles. The molecule has 26 heavy (non-hydrogen) atoms. The lowest BCUT2D eigenvalue weighted by Crippen LogP contribution is -2.26. The molecule has 0 spiro atoms. The van der Waals surface area contributed by atoms with E-state index < -0.39 is 0 Å². The maximum atomic E-state index is 12.5. The Balaban J connectivity index is 1.47. The number of ether oxygens (including phenoxy) is 1. The minimum absolute atomic E-state index is 0.0468. The van der Waals surface area contributed by atoms with E-state index in [4.69, 9.17) is 4.74 Å². The summed E-state index contributed by atoms with van der Waals surface area (Å²) in [5.41, 5.74) is 1.71. The van der Waals surface area contributed by atoms with Crippen LogP contribution in [0.15, 0.2) is 61.1 Å². The standard InChI is InChI=1S/C20H24N4O2/c1-16(17-9-4-3-5-10-17)26-14-8-11-21-19(25)18-15-22-23(2)20(18)24-12-6-7-13-24/h3-7,9-10,12-13,15-16H,8,11,14H2,1-2H3,(H,21,25)/t16-/m1/s1. The Kier molecular flexibility index (Phi) is 5.86. The minimum atomic E-state index is -0.127. The second kappa shape index (κ2) is 8.49. The van der Waals surface area contributed by atoms with E-state index in [0.717, 1.165) is 17.8 Å². The third kappa shape index (κ3) is 4.21. The molecular weight excluding hydrogens is 328 g/mol. The van der Waals surface area contributed by atoms with E-state index in [2.05, 4.69) is 22.5 Å². The molecule has 0 unspecified atom stereocenters. The van der Waals surface area contributed by atoms with E-state index in [-0.39, 0.29) is 12.0 Å². The van der Waals surface area contributed by atoms with Crippen molar-refractivity contribution in [2.45, 2.75) is 19.4 Å². The number of nitrogens with zero attached hydrogens (tertiary/aromatic N) is 3. The molecule has 3 rings (SSSR count). The van der Waals surface area contributed by atoms with Gasteiger partial charge in [-0.2, -0.15) is 5.10 Å². The predicted octanol–water partition coefficient (Wildman–Crippen LogP) is 3.11. The molecule has 0 aliphatic carbocycles. The molecule has 0 bridgehead atoms. The van der Waals surface area contributed by atoms with Crippen molar-refractivity contribution < 1.29 is 9.53 Å². The van der Waals surface area contributed by atoms with Gasteiger partial charge < -0.3 is 14.6 Å². The Morgan fingerprint density at radius 1 is 1.19 bits per heavy atom. The highest BCUT2D eigenvalue weighted by molar-refractivity contribution is 5.97. The van der Waals surface area contributed by atoms with E-state index >= 15 is 0 Å². The lowest BCUT2D eigenvalue weighted by molar-refractivity contribution is 0.0635. The number of rotatable bonds is 8. The number of aryl methyl sites for hydroxylation is 1. The summed E-state index contributed by atoms with van der Waals surface area (Å²) in [6.07, 6.45) is 6.19. The second-order valence-electron chi connectivity index (χ2n) is 6.13. The molecule has 0 aliphatic heterocycles. The quantitative estimate of drug-likeness (QED) is 0.634. The van der Waals surface area contributed by atoms with Gasteiger partial charge in [0.15, 0.2) is 0 Å². The monoisotopic (exact) mass is 352 g/mol. The van der Waals surface area contributed by atoms with Gasteiger partial charge in [-0.1, -0.05) is 30.3 Å². The molecule has 0 saturated carbocycles. The topological polar surface area (TPSA) is 61.1 Å². The molecule has 6 heteroatoms. The fourth-order valence-corrected chi connectivity index (χ4v) is 2.82. The van der Waals surface area contributed by atoms with Crippen LogP contribution in [0.1, 0.15) is 35.4 Å². The fourth-order valence-electron chi connectivity index (χ4n) is 2.82. The Bertz CT molecular complexity index is 825. The average molecular weight is 352 g/mol. The van der Waals surface area contributed by atoms with Crippen LogP contribution in [0.25, 0.3) is 5.82 Å². The molecule has 136 valence electrons. The summed E-state index contributed by atoms with van der Waals surface area (Å²) >= 11 is 0. The molecule has 0 aliphatic rings. The zero-order chi connectivity index (χ0) is 18.4. The van der Waals surface area contributed by atoms with Gasteiger partial charge in [-0.15, -0.1) is 0 Å². The number of aromatic nitrogens is 3. The first-order chi connectivity index (χ1) is 12.7. The number of carbonyl (C=O) groups excluding carboxylic acids is 1. The molecule has 1 atom stereocenters. The maximum Gasteiger partial charge on any atom is 0.256 e. The molecule has 2 aromatic heterocycles. The van der Waals surface area contributed by atoms with Crippen LogP contribution in [0.3, 0.4) is 0 Å². The van der Waals surface area contributed by atoms with Crippen LogP contribution in [0.2, 0.25) is 0 Å². The summed E-state index contributed by atoms with van der Waals surface area (Å²) in [7, 11) is 1.82. The largest absolute Gasteiger partial charge is 0.374 e. The van der Waals surface area contributed by atoms with Crippen molar-refractivity contribution in [1.82, 2.24) is 19.7 Å². The molecule has 6 nitrogen and oxygen atoms in total. The highest BCUT2D eigenvalue weighted by atomic mass is 16.5. The van der Waals surface area contributed by atoms with Crippen LogP contribution in [0.5, 0.6) is 0 Å². The van der Waals surface area contributed by atoms with E-state index in [1.807, 2.05) is 61.3 Å². The minimum Gasteiger partial charge on any atom is -0.374 e. The zero-order valence-electron chi connectivity index (χ0n) is 15.1. The van der Waals surface area contributed by atoms with Crippen LogP contribution in [-0.2, 0) is 11.8 Å². The lowest BCUT2D eigenvalue weighted by Gasteiger charge is -2.13. The van der Waals surface area contributed by atoms with Gasteiger partial charge in [-0.25, -0.2) is 0 Å². The van der Waals surface area contributed by atoms with Crippen molar-refractivity contribution >= 4 is 5.91 Å². The number of hydrogen-bond donors (Lipinski definition) is 1. The van der Waals surface area contributed by atoms with Crippen LogP contribution in [-0.4, -0.2) is 33.4 Å². The van der Waals surface area contributed by atoms with Gasteiger partial charge in [0.05, 0.1) is 12.3 Å². The molecular formula is C20H24N4O2. The van der Waals surface area contributed by atoms with E-state index in [9.17, 15) is 4.79 Å². The average Bonchev–Trinajstić information content (AvgIpc) is 3.31. The molecule has 1 amide bonds. The van der Waals surface area contributed by atoms with Crippen molar-refractivity contribution in [2.75, 3.05) is 13.2 Å². The summed E-state index contributed by atoms with van der Waals surface area (Å²) in [6, 6.07) is 13.9. The summed E-state index contributed by atoms with van der Waals surface area (Å²) in [5.74, 6) is 0.624. The molecule has 0 fully saturated rings. The van der Waals surface area contributed by atoms with Crippen LogP contribution in [0, 0.1) is 0 Å². The van der Waals surface area contributed by atoms with E-state index in [1.54, 1.807) is 10.9 Å². The fraction of sp³-hybridized carbons (Fsp3) is 0.300. The predicted molar refractivity (Wildman–Crippen MR) is 100 cm³/mol. The summed E-state index contributed by atoms with van der Waals surface area (Å²) < 4.78 is 9.41. The Hall–Kier alpha value is -2.86. The number of benzene rings is 1. The first-order valence-electron chi connectivity index (χ1n) is 8.77. The highest BCUT2D eigenvalue weighted by Crippen LogP contribution is 2.16. The summed E-state index contributed by atoms with van der Waals surface area (Å²) in [6.45, 7) is 3.18. The van der Waals surface area contributed by atoms with Crippen molar-refractivity contribution in [1.29, 1.82) is 0 Å². The molecule has 0 radical (unpaired) electrons. The number of nitrogens with one attached hydrogen (secondary N) is 1. The van der Waals surface area contributed by atoms with Crippen LogP contribution >= 0.6 is 0 Å². The number of hydrogen-bond acceptors (Lipinski definition) is 3. The van der Waals surface area contributed by atoms with Crippen LogP contribution < -0.4 is 5.32 Å². The normalized spacial score (nSPS) is 12.1. The van der Waals surface area contributed by atoms with Gasteiger partial charge in [0.2, 0.25) is 0 Å². The van der Waals surface area contributed by atoms with Gasteiger partial charge in [0.1, 0.15) is 11.4 Å². The first-order valence-corrected chi connectivity index (χ1v) is 8.77.